The molecule has 1 aliphatic carbocycles. The van der Waals surface area contributed by atoms with Gasteiger partial charge in [0, 0.05) is 5.39 Å². The molecule has 0 unspecified atom stereocenters. The SMILES string of the molecule is N#Cc1ccc(-c2ccc(-c3ccc4c5c(cccc35)-c3c(-c5ccccc5)ccc(-c5ccccc5)c3-4)cc2)c2ccccc12. The molecule has 212 valence electrons. The molecule has 0 radical (unpaired) electrons. The molecule has 8 aromatic carbocycles. The van der Waals surface area contributed by atoms with Crippen LogP contribution >= 0.6 is 0 Å². The molecule has 0 aliphatic heterocycles. The zero-order valence-corrected chi connectivity index (χ0v) is 25.0. The van der Waals surface area contributed by atoms with Gasteiger partial charge < -0.3 is 0 Å². The van der Waals surface area contributed by atoms with Gasteiger partial charge in [0.1, 0.15) is 0 Å². The number of hydrogen-bond acceptors (Lipinski definition) is 1. The number of fused-ring (bicyclic) bond motifs is 4. The number of rotatable bonds is 4. The van der Waals surface area contributed by atoms with Crippen LogP contribution in [0, 0.1) is 11.3 Å². The summed E-state index contributed by atoms with van der Waals surface area (Å²) >= 11 is 0. The summed E-state index contributed by atoms with van der Waals surface area (Å²) in [5.41, 5.74) is 15.6. The van der Waals surface area contributed by atoms with Gasteiger partial charge in [-0.25, -0.2) is 0 Å². The minimum Gasteiger partial charge on any atom is -0.192 e. The fourth-order valence-corrected chi connectivity index (χ4v) is 7.43. The molecule has 0 aromatic heterocycles. The van der Waals surface area contributed by atoms with Gasteiger partial charge in [-0.3, -0.25) is 0 Å². The minimum atomic E-state index is 0.704. The fraction of sp³-hybridized carbons (Fsp3) is 0. The zero-order chi connectivity index (χ0) is 30.6. The average Bonchev–Trinajstić information content (AvgIpc) is 3.47. The van der Waals surface area contributed by atoms with Gasteiger partial charge in [-0.05, 0) is 89.0 Å². The summed E-state index contributed by atoms with van der Waals surface area (Å²) in [6.07, 6.45) is 0. The van der Waals surface area contributed by atoms with Crippen molar-refractivity contribution in [3.63, 3.8) is 0 Å². The van der Waals surface area contributed by atoms with Gasteiger partial charge in [-0.2, -0.15) is 5.26 Å². The lowest BCUT2D eigenvalue weighted by molar-refractivity contribution is 1.50. The molecule has 1 nitrogen and oxygen atoms in total. The van der Waals surface area contributed by atoms with Crippen molar-refractivity contribution in [2.45, 2.75) is 0 Å². The highest BCUT2D eigenvalue weighted by atomic mass is 14.3. The van der Waals surface area contributed by atoms with Crippen LogP contribution in [0.25, 0.3) is 88.3 Å². The highest BCUT2D eigenvalue weighted by Gasteiger charge is 2.28. The molecule has 0 heterocycles. The van der Waals surface area contributed by atoms with Crippen LogP contribution in [0.15, 0.2) is 164 Å². The van der Waals surface area contributed by atoms with Gasteiger partial charge in [-0.1, -0.05) is 158 Å². The smallest absolute Gasteiger partial charge is 0.0998 e. The lowest BCUT2D eigenvalue weighted by Crippen LogP contribution is -1.89. The Morgan fingerprint density at radius 1 is 0.304 bits per heavy atom. The third-order valence-electron chi connectivity index (χ3n) is 9.51. The zero-order valence-electron chi connectivity index (χ0n) is 25.0. The Kier molecular flexibility index (Phi) is 5.95. The van der Waals surface area contributed by atoms with E-state index in [1.807, 2.05) is 24.3 Å². The highest BCUT2D eigenvalue weighted by molar-refractivity contribution is 6.23. The van der Waals surface area contributed by atoms with Crippen molar-refractivity contribution in [1.29, 1.82) is 5.26 Å². The van der Waals surface area contributed by atoms with Gasteiger partial charge in [0.15, 0.2) is 0 Å². The summed E-state index contributed by atoms with van der Waals surface area (Å²) in [6.45, 7) is 0. The molecule has 0 saturated heterocycles. The molecule has 0 saturated carbocycles. The number of nitrogens with zero attached hydrogens (tertiary/aromatic N) is 1. The van der Waals surface area contributed by atoms with E-state index in [2.05, 4.69) is 146 Å². The van der Waals surface area contributed by atoms with E-state index in [1.165, 1.54) is 66.4 Å². The highest BCUT2D eigenvalue weighted by Crippen LogP contribution is 2.55. The summed E-state index contributed by atoms with van der Waals surface area (Å²) in [6, 6.07) is 60.9. The summed E-state index contributed by atoms with van der Waals surface area (Å²) < 4.78 is 0. The van der Waals surface area contributed by atoms with E-state index in [9.17, 15) is 5.26 Å². The van der Waals surface area contributed by atoms with E-state index in [-0.39, 0.29) is 0 Å². The summed E-state index contributed by atoms with van der Waals surface area (Å²) in [4.78, 5) is 0. The molecular formula is C45H27N. The lowest BCUT2D eigenvalue weighted by Gasteiger charge is -2.15. The first-order valence-electron chi connectivity index (χ1n) is 15.7. The molecule has 0 fully saturated rings. The van der Waals surface area contributed by atoms with Crippen molar-refractivity contribution < 1.29 is 0 Å². The maximum atomic E-state index is 9.64. The molecule has 46 heavy (non-hydrogen) atoms. The van der Waals surface area contributed by atoms with Crippen LogP contribution in [-0.2, 0) is 0 Å². The second-order valence-corrected chi connectivity index (χ2v) is 11.9. The number of benzene rings is 8. The Bertz CT molecular complexity index is 2430. The molecule has 9 rings (SSSR count). The van der Waals surface area contributed by atoms with Gasteiger partial charge in [-0.15, -0.1) is 0 Å². The molecular weight excluding hydrogens is 555 g/mol. The van der Waals surface area contributed by atoms with E-state index in [1.54, 1.807) is 0 Å². The van der Waals surface area contributed by atoms with Crippen molar-refractivity contribution in [3.05, 3.63) is 169 Å². The molecule has 0 atom stereocenters. The first kappa shape index (κ1) is 26.2. The molecule has 0 spiro atoms. The van der Waals surface area contributed by atoms with Crippen molar-refractivity contribution in [2.24, 2.45) is 0 Å². The number of nitriles is 1. The van der Waals surface area contributed by atoms with Gasteiger partial charge in [0.05, 0.1) is 11.6 Å². The largest absolute Gasteiger partial charge is 0.192 e. The predicted molar refractivity (Wildman–Crippen MR) is 192 cm³/mol. The Morgan fingerprint density at radius 2 is 0.739 bits per heavy atom. The predicted octanol–water partition coefficient (Wildman–Crippen LogP) is 12.2. The second-order valence-electron chi connectivity index (χ2n) is 11.9. The number of hydrogen-bond donors (Lipinski definition) is 0. The molecule has 1 heteroatoms. The van der Waals surface area contributed by atoms with Gasteiger partial charge >= 0.3 is 0 Å². The second kappa shape index (κ2) is 10.4. The summed E-state index contributed by atoms with van der Waals surface area (Å²) in [5, 5.41) is 14.3. The van der Waals surface area contributed by atoms with E-state index >= 15 is 0 Å². The quantitative estimate of drug-likeness (QED) is 0.203. The maximum absolute atomic E-state index is 9.64. The first-order chi connectivity index (χ1) is 22.8. The van der Waals surface area contributed by atoms with Crippen LogP contribution in [0.3, 0.4) is 0 Å². The Balaban J connectivity index is 1.22. The third-order valence-corrected chi connectivity index (χ3v) is 9.51. The van der Waals surface area contributed by atoms with Gasteiger partial charge in [0.2, 0.25) is 0 Å². The van der Waals surface area contributed by atoms with E-state index < -0.39 is 0 Å². The van der Waals surface area contributed by atoms with Crippen molar-refractivity contribution in [3.8, 4) is 72.8 Å². The summed E-state index contributed by atoms with van der Waals surface area (Å²) in [5.74, 6) is 0. The monoisotopic (exact) mass is 581 g/mol. The normalized spacial score (nSPS) is 11.5. The molecule has 0 amide bonds. The van der Waals surface area contributed by atoms with Crippen molar-refractivity contribution in [1.82, 2.24) is 0 Å². The third kappa shape index (κ3) is 3.95. The Labute approximate surface area is 268 Å². The molecule has 0 N–H and O–H groups in total. The summed E-state index contributed by atoms with van der Waals surface area (Å²) in [7, 11) is 0. The van der Waals surface area contributed by atoms with Crippen LogP contribution in [0.4, 0.5) is 0 Å². The topological polar surface area (TPSA) is 23.8 Å². The van der Waals surface area contributed by atoms with Crippen LogP contribution in [0.1, 0.15) is 5.56 Å². The van der Waals surface area contributed by atoms with E-state index in [0.717, 1.165) is 21.9 Å². The fourth-order valence-electron chi connectivity index (χ4n) is 7.43. The van der Waals surface area contributed by atoms with E-state index in [0.29, 0.717) is 5.56 Å². The molecule has 1 aliphatic rings. The molecule has 0 bridgehead atoms. The average molecular weight is 582 g/mol. The standard InChI is InChI=1S/C45H27N/c46-28-33-22-23-35(39-15-8-7-14-34(33)39)31-18-20-32(21-19-31)36-24-27-42-43-40(36)16-9-17-41(43)44-37(29-10-3-1-4-11-29)25-26-38(45(42)44)30-12-5-2-6-13-30/h1-27H. The van der Waals surface area contributed by atoms with Crippen molar-refractivity contribution in [2.75, 3.05) is 0 Å². The molecule has 8 aromatic rings. The Morgan fingerprint density at radius 3 is 1.35 bits per heavy atom. The van der Waals surface area contributed by atoms with Crippen LogP contribution in [-0.4, -0.2) is 0 Å². The van der Waals surface area contributed by atoms with Crippen molar-refractivity contribution >= 4 is 21.5 Å². The van der Waals surface area contributed by atoms with Gasteiger partial charge in [0.25, 0.3) is 0 Å². The Hall–Kier alpha value is -6.23. The van der Waals surface area contributed by atoms with E-state index in [4.69, 9.17) is 0 Å². The van der Waals surface area contributed by atoms with Crippen LogP contribution in [0.5, 0.6) is 0 Å². The van der Waals surface area contributed by atoms with Crippen LogP contribution in [0.2, 0.25) is 0 Å². The minimum absolute atomic E-state index is 0.704. The lowest BCUT2D eigenvalue weighted by atomic mass is 9.88. The maximum Gasteiger partial charge on any atom is 0.0998 e. The van der Waals surface area contributed by atoms with Crippen LogP contribution < -0.4 is 0 Å². The first-order valence-corrected chi connectivity index (χ1v) is 15.7.